The number of nitro benzene ring substituents is 1. The van der Waals surface area contributed by atoms with Gasteiger partial charge < -0.3 is 0 Å². The van der Waals surface area contributed by atoms with Crippen LogP contribution in [0.5, 0.6) is 0 Å². The first-order valence-electron chi connectivity index (χ1n) is 6.94. The predicted molar refractivity (Wildman–Crippen MR) is 90.7 cm³/mol. The van der Waals surface area contributed by atoms with Crippen LogP contribution in [0.1, 0.15) is 11.6 Å². The van der Waals surface area contributed by atoms with E-state index in [9.17, 15) is 23.3 Å². The number of benzene rings is 2. The molecule has 2 aromatic carbocycles. The molecule has 1 fully saturated rings. The maximum absolute atomic E-state index is 12.9. The summed E-state index contributed by atoms with van der Waals surface area (Å²) in [6.07, 6.45) is 0. The van der Waals surface area contributed by atoms with Gasteiger partial charge in [0.25, 0.3) is 21.6 Å². The minimum absolute atomic E-state index is 0.397. The van der Waals surface area contributed by atoms with Crippen LogP contribution in [0.2, 0.25) is 0 Å². The Bertz CT molecular complexity index is 963. The van der Waals surface area contributed by atoms with E-state index in [2.05, 4.69) is 0 Å². The second kappa shape index (κ2) is 5.98. The molecular formula is C15H10Cl2N2O5S. The van der Waals surface area contributed by atoms with Gasteiger partial charge in [0.15, 0.2) is 4.90 Å². The van der Waals surface area contributed by atoms with E-state index in [1.807, 2.05) is 0 Å². The van der Waals surface area contributed by atoms with Crippen molar-refractivity contribution in [3.8, 4) is 0 Å². The molecule has 1 aliphatic rings. The van der Waals surface area contributed by atoms with Gasteiger partial charge in [-0.05, 0) is 11.6 Å². The Balaban J connectivity index is 2.14. The van der Waals surface area contributed by atoms with Crippen LogP contribution in [0.4, 0.5) is 5.69 Å². The molecule has 1 amide bonds. The zero-order valence-corrected chi connectivity index (χ0v) is 14.7. The average molecular weight is 401 g/mol. The third-order valence-corrected chi connectivity index (χ3v) is 6.31. The molecule has 0 N–H and O–H groups in total. The maximum atomic E-state index is 12.9. The molecule has 1 atom stereocenters. The monoisotopic (exact) mass is 400 g/mol. The first kappa shape index (κ1) is 17.7. The summed E-state index contributed by atoms with van der Waals surface area (Å²) in [7, 11) is -4.52. The molecule has 1 heterocycles. The van der Waals surface area contributed by atoms with Gasteiger partial charge in [-0.2, -0.15) is 0 Å². The first-order chi connectivity index (χ1) is 11.7. The van der Waals surface area contributed by atoms with Crippen LogP contribution >= 0.6 is 23.2 Å². The second-order valence-electron chi connectivity index (χ2n) is 5.27. The van der Waals surface area contributed by atoms with Crippen LogP contribution in [0.15, 0.2) is 59.5 Å². The summed E-state index contributed by atoms with van der Waals surface area (Å²) >= 11 is 12.0. The number of sulfonamides is 1. The van der Waals surface area contributed by atoms with Crippen molar-refractivity contribution in [3.63, 3.8) is 0 Å². The number of carbonyl (C=O) groups excluding carboxylic acids is 1. The number of nitrogens with zero attached hydrogens (tertiary/aromatic N) is 2. The van der Waals surface area contributed by atoms with Crippen molar-refractivity contribution in [2.24, 2.45) is 0 Å². The van der Waals surface area contributed by atoms with E-state index in [0.717, 1.165) is 12.1 Å². The van der Waals surface area contributed by atoms with Crippen LogP contribution in [0, 0.1) is 10.1 Å². The highest BCUT2D eigenvalue weighted by Crippen LogP contribution is 2.53. The number of rotatable bonds is 4. The Labute approximate surface area is 153 Å². The number of alkyl halides is 2. The lowest BCUT2D eigenvalue weighted by Gasteiger charge is -2.47. The van der Waals surface area contributed by atoms with Crippen LogP contribution in [0.25, 0.3) is 0 Å². The lowest BCUT2D eigenvalue weighted by molar-refractivity contribution is -0.387. The Hall–Kier alpha value is -2.16. The number of amides is 1. The summed E-state index contributed by atoms with van der Waals surface area (Å²) in [5, 5.41) is 11.1. The van der Waals surface area contributed by atoms with Gasteiger partial charge in [-0.3, -0.25) is 14.9 Å². The van der Waals surface area contributed by atoms with E-state index in [1.165, 1.54) is 12.1 Å². The molecule has 0 spiro atoms. The van der Waals surface area contributed by atoms with Crippen molar-refractivity contribution in [1.82, 2.24) is 4.31 Å². The van der Waals surface area contributed by atoms with Gasteiger partial charge in [0.2, 0.25) is 4.33 Å². The predicted octanol–water partition coefficient (Wildman–Crippen LogP) is 3.04. The van der Waals surface area contributed by atoms with E-state index >= 15 is 0 Å². The maximum Gasteiger partial charge on any atom is 0.289 e. The molecule has 25 heavy (non-hydrogen) atoms. The molecule has 1 saturated heterocycles. The van der Waals surface area contributed by atoms with E-state index in [-0.39, 0.29) is 0 Å². The quantitative estimate of drug-likeness (QED) is 0.340. The lowest BCUT2D eigenvalue weighted by Crippen LogP contribution is -2.64. The minimum atomic E-state index is -4.52. The molecule has 7 nitrogen and oxygen atoms in total. The smallest absolute Gasteiger partial charge is 0.270 e. The fourth-order valence-corrected chi connectivity index (χ4v) is 5.26. The molecule has 1 unspecified atom stereocenters. The SMILES string of the molecule is O=C1N(S(=O)(=O)c2ccccc2[N+](=O)[O-])C(c2ccccc2)C1(Cl)Cl. The van der Waals surface area contributed by atoms with Crippen molar-refractivity contribution in [2.45, 2.75) is 15.3 Å². The Kier molecular flexibility index (Phi) is 4.22. The fraction of sp³-hybridized carbons (Fsp3) is 0.133. The second-order valence-corrected chi connectivity index (χ2v) is 8.44. The molecule has 0 aromatic heterocycles. The zero-order chi connectivity index (χ0) is 18.4. The standard InChI is InChI=1S/C15H10Cl2N2O5S/c16-15(17)13(10-6-2-1-3-7-10)18(14(15)20)25(23,24)12-9-5-4-8-11(12)19(21)22/h1-9,13H. The number of para-hydroxylation sites is 1. The van der Waals surface area contributed by atoms with Crippen molar-refractivity contribution in [1.29, 1.82) is 0 Å². The van der Waals surface area contributed by atoms with Gasteiger partial charge in [0, 0.05) is 6.07 Å². The van der Waals surface area contributed by atoms with Gasteiger partial charge in [-0.1, -0.05) is 65.7 Å². The van der Waals surface area contributed by atoms with Crippen molar-refractivity contribution in [3.05, 3.63) is 70.3 Å². The summed E-state index contributed by atoms with van der Waals surface area (Å²) in [6, 6.07) is 11.7. The third-order valence-electron chi connectivity index (χ3n) is 3.78. The zero-order valence-electron chi connectivity index (χ0n) is 12.4. The number of β-lactam (4-membered cyclic amide) rings is 1. The fourth-order valence-electron chi connectivity index (χ4n) is 2.62. The normalized spacial score (nSPS) is 19.4. The van der Waals surface area contributed by atoms with Gasteiger partial charge >= 0.3 is 0 Å². The number of hydrogen-bond acceptors (Lipinski definition) is 5. The number of nitro groups is 1. The third kappa shape index (κ3) is 2.66. The summed E-state index contributed by atoms with van der Waals surface area (Å²) in [4.78, 5) is 22.0. The molecule has 2 aromatic rings. The summed E-state index contributed by atoms with van der Waals surface area (Å²) in [6.45, 7) is 0. The Morgan fingerprint density at radius 2 is 1.60 bits per heavy atom. The van der Waals surface area contributed by atoms with Crippen molar-refractivity contribution in [2.75, 3.05) is 0 Å². The van der Waals surface area contributed by atoms with Crippen LogP contribution in [0.3, 0.4) is 0 Å². The lowest BCUT2D eigenvalue weighted by atomic mass is 9.96. The molecule has 3 rings (SSSR count). The van der Waals surface area contributed by atoms with Gasteiger partial charge in [-0.25, -0.2) is 12.7 Å². The van der Waals surface area contributed by atoms with Crippen molar-refractivity contribution >= 4 is 44.8 Å². The Morgan fingerprint density at radius 1 is 1.04 bits per heavy atom. The van der Waals surface area contributed by atoms with Gasteiger partial charge in [-0.15, -0.1) is 0 Å². The summed E-state index contributed by atoms with van der Waals surface area (Å²) in [5.74, 6) is -1.05. The van der Waals surface area contributed by atoms with Gasteiger partial charge in [0.1, 0.15) is 6.04 Å². The van der Waals surface area contributed by atoms with E-state index < -0.39 is 41.8 Å². The van der Waals surface area contributed by atoms with Crippen LogP contribution < -0.4 is 0 Å². The molecule has 0 radical (unpaired) electrons. The molecule has 10 heteroatoms. The minimum Gasteiger partial charge on any atom is -0.270 e. The summed E-state index contributed by atoms with van der Waals surface area (Å²) < 4.78 is 24.3. The molecule has 130 valence electrons. The Morgan fingerprint density at radius 3 is 2.20 bits per heavy atom. The van der Waals surface area contributed by atoms with E-state index in [4.69, 9.17) is 23.2 Å². The van der Waals surface area contributed by atoms with Crippen LogP contribution in [-0.4, -0.2) is 27.9 Å². The first-order valence-corrected chi connectivity index (χ1v) is 9.13. The highest BCUT2D eigenvalue weighted by molar-refractivity contribution is 7.90. The molecule has 0 aliphatic carbocycles. The topological polar surface area (TPSA) is 97.6 Å². The molecule has 0 bridgehead atoms. The number of halogens is 2. The molecule has 1 aliphatic heterocycles. The van der Waals surface area contributed by atoms with Gasteiger partial charge in [0.05, 0.1) is 4.92 Å². The van der Waals surface area contributed by atoms with Crippen molar-refractivity contribution < 1.29 is 18.1 Å². The highest BCUT2D eigenvalue weighted by Gasteiger charge is 2.64. The van der Waals surface area contributed by atoms with E-state index in [1.54, 1.807) is 30.3 Å². The molecular weight excluding hydrogens is 391 g/mol. The number of hydrogen-bond donors (Lipinski definition) is 0. The number of carbonyl (C=O) groups is 1. The summed E-state index contributed by atoms with van der Waals surface area (Å²) in [5.41, 5.74) is -0.238. The molecule has 0 saturated carbocycles. The average Bonchev–Trinajstić information content (AvgIpc) is 2.59. The van der Waals surface area contributed by atoms with Crippen LogP contribution in [-0.2, 0) is 14.8 Å². The highest BCUT2D eigenvalue weighted by atomic mass is 35.5. The van der Waals surface area contributed by atoms with E-state index in [0.29, 0.717) is 9.87 Å². The largest absolute Gasteiger partial charge is 0.289 e.